The summed E-state index contributed by atoms with van der Waals surface area (Å²) in [6.45, 7) is 0. The molecule has 14 heavy (non-hydrogen) atoms. The van der Waals surface area contributed by atoms with Gasteiger partial charge in [0.15, 0.2) is 0 Å². The maximum Gasteiger partial charge on any atom is 0.122 e. The average Bonchev–Trinajstić information content (AvgIpc) is 2.50. The molecule has 0 aromatic heterocycles. The van der Waals surface area contributed by atoms with E-state index in [4.69, 9.17) is 4.74 Å². The number of hydrogen-bond acceptors (Lipinski definition) is 2. The maximum absolute atomic E-state index is 5.79. The van der Waals surface area contributed by atoms with Crippen molar-refractivity contribution in [2.75, 3.05) is 7.11 Å². The fourth-order valence-electron chi connectivity index (χ4n) is 3.75. The molecule has 2 heterocycles. The van der Waals surface area contributed by atoms with Gasteiger partial charge in [0, 0.05) is 19.1 Å². The molecular formula is C12H19NO. The molecule has 3 rings (SSSR count). The zero-order valence-corrected chi connectivity index (χ0v) is 8.83. The normalized spacial score (nSPS) is 50.5. The monoisotopic (exact) mass is 193 g/mol. The molecule has 0 unspecified atom stereocenters. The first kappa shape index (κ1) is 8.93. The number of piperidine rings is 1. The minimum absolute atomic E-state index is 0.0261. The molecule has 0 aromatic carbocycles. The molecule has 2 nitrogen and oxygen atoms in total. The Kier molecular flexibility index (Phi) is 1.96. The second kappa shape index (κ2) is 3.07. The zero-order chi connectivity index (χ0) is 9.60. The summed E-state index contributed by atoms with van der Waals surface area (Å²) in [5, 5.41) is 3.72. The number of ether oxygens (including phenoxy) is 1. The molecule has 78 valence electrons. The van der Waals surface area contributed by atoms with E-state index < -0.39 is 0 Å². The Balaban J connectivity index is 1.96. The predicted molar refractivity (Wildman–Crippen MR) is 55.9 cm³/mol. The molecule has 0 amide bonds. The van der Waals surface area contributed by atoms with Crippen LogP contribution in [0.25, 0.3) is 0 Å². The molecular weight excluding hydrogens is 174 g/mol. The van der Waals surface area contributed by atoms with E-state index >= 15 is 0 Å². The molecule has 2 aliphatic heterocycles. The molecule has 1 aliphatic carbocycles. The van der Waals surface area contributed by atoms with E-state index in [1.165, 1.54) is 32.1 Å². The van der Waals surface area contributed by atoms with E-state index in [1.807, 2.05) is 7.11 Å². The Hall–Kier alpha value is -0.340. The van der Waals surface area contributed by atoms with E-state index in [-0.39, 0.29) is 5.72 Å². The van der Waals surface area contributed by atoms with Gasteiger partial charge in [0.25, 0.3) is 0 Å². The molecule has 2 saturated heterocycles. The number of rotatable bonds is 1. The van der Waals surface area contributed by atoms with Gasteiger partial charge in [-0.25, -0.2) is 0 Å². The third kappa shape index (κ3) is 1.04. The Bertz CT molecular complexity index is 263. The molecule has 3 aliphatic rings. The summed E-state index contributed by atoms with van der Waals surface area (Å²) >= 11 is 0. The van der Waals surface area contributed by atoms with Crippen molar-refractivity contribution in [3.8, 4) is 0 Å². The molecule has 2 bridgehead atoms. The Morgan fingerprint density at radius 1 is 1.43 bits per heavy atom. The van der Waals surface area contributed by atoms with Crippen LogP contribution in [0.1, 0.15) is 32.1 Å². The summed E-state index contributed by atoms with van der Waals surface area (Å²) in [6, 6.07) is 0.685. The van der Waals surface area contributed by atoms with Crippen molar-refractivity contribution < 1.29 is 4.74 Å². The van der Waals surface area contributed by atoms with Crippen LogP contribution in [-0.2, 0) is 4.74 Å². The lowest BCUT2D eigenvalue weighted by Gasteiger charge is -2.37. The van der Waals surface area contributed by atoms with Gasteiger partial charge in [0.05, 0.1) is 0 Å². The lowest BCUT2D eigenvalue weighted by Crippen LogP contribution is -2.51. The highest BCUT2D eigenvalue weighted by atomic mass is 16.5. The van der Waals surface area contributed by atoms with Crippen LogP contribution in [0.2, 0.25) is 0 Å². The number of fused-ring (bicyclic) bond motifs is 5. The smallest absolute Gasteiger partial charge is 0.122 e. The van der Waals surface area contributed by atoms with Crippen LogP contribution in [0.4, 0.5) is 0 Å². The minimum atomic E-state index is 0.0261. The first-order chi connectivity index (χ1) is 6.86. The van der Waals surface area contributed by atoms with Crippen molar-refractivity contribution in [2.45, 2.75) is 43.9 Å². The highest BCUT2D eigenvalue weighted by Crippen LogP contribution is 2.48. The topological polar surface area (TPSA) is 21.3 Å². The van der Waals surface area contributed by atoms with E-state index in [2.05, 4.69) is 17.5 Å². The van der Waals surface area contributed by atoms with Crippen molar-refractivity contribution in [2.24, 2.45) is 11.8 Å². The fourth-order valence-corrected chi connectivity index (χ4v) is 3.75. The number of methoxy groups -OCH3 is 1. The van der Waals surface area contributed by atoms with Gasteiger partial charge in [-0.3, -0.25) is 5.32 Å². The lowest BCUT2D eigenvalue weighted by atomic mass is 9.79. The van der Waals surface area contributed by atoms with Gasteiger partial charge in [-0.1, -0.05) is 12.2 Å². The van der Waals surface area contributed by atoms with Crippen molar-refractivity contribution in [1.82, 2.24) is 5.32 Å². The third-order valence-electron chi connectivity index (χ3n) is 4.39. The van der Waals surface area contributed by atoms with Gasteiger partial charge in [-0.05, 0) is 38.0 Å². The molecule has 0 spiro atoms. The van der Waals surface area contributed by atoms with Crippen LogP contribution in [0.15, 0.2) is 12.2 Å². The highest BCUT2D eigenvalue weighted by molar-refractivity contribution is 5.14. The van der Waals surface area contributed by atoms with Crippen LogP contribution in [0.3, 0.4) is 0 Å². The third-order valence-corrected chi connectivity index (χ3v) is 4.39. The summed E-state index contributed by atoms with van der Waals surface area (Å²) in [4.78, 5) is 0. The molecule has 0 radical (unpaired) electrons. The van der Waals surface area contributed by atoms with Crippen LogP contribution >= 0.6 is 0 Å². The Labute approximate surface area is 85.7 Å². The fraction of sp³-hybridized carbons (Fsp3) is 0.833. The summed E-state index contributed by atoms with van der Waals surface area (Å²) in [5.41, 5.74) is 0.0261. The van der Waals surface area contributed by atoms with Crippen molar-refractivity contribution in [1.29, 1.82) is 0 Å². The SMILES string of the molecule is CO[C@@]12CCC[C@@H](N1)[C@H]1C=CCC[C@H]12. The second-order valence-corrected chi connectivity index (χ2v) is 4.93. The lowest BCUT2D eigenvalue weighted by molar-refractivity contribution is -0.0810. The van der Waals surface area contributed by atoms with E-state index in [1.54, 1.807) is 0 Å². The summed E-state index contributed by atoms with van der Waals surface area (Å²) in [5.74, 6) is 1.47. The van der Waals surface area contributed by atoms with Gasteiger partial charge in [-0.2, -0.15) is 0 Å². The molecule has 1 N–H and O–H groups in total. The Morgan fingerprint density at radius 2 is 2.36 bits per heavy atom. The zero-order valence-electron chi connectivity index (χ0n) is 8.83. The van der Waals surface area contributed by atoms with Crippen molar-refractivity contribution in [3.63, 3.8) is 0 Å². The van der Waals surface area contributed by atoms with Crippen LogP contribution in [0.5, 0.6) is 0 Å². The first-order valence-electron chi connectivity index (χ1n) is 5.85. The first-order valence-corrected chi connectivity index (χ1v) is 5.85. The number of nitrogens with one attached hydrogen (secondary N) is 1. The van der Waals surface area contributed by atoms with Gasteiger partial charge in [0.2, 0.25) is 0 Å². The largest absolute Gasteiger partial charge is 0.364 e. The maximum atomic E-state index is 5.79. The Morgan fingerprint density at radius 3 is 3.21 bits per heavy atom. The van der Waals surface area contributed by atoms with Crippen molar-refractivity contribution in [3.05, 3.63) is 12.2 Å². The summed E-state index contributed by atoms with van der Waals surface area (Å²) in [6.07, 6.45) is 11.2. The molecule has 0 aromatic rings. The number of allylic oxidation sites excluding steroid dienone is 1. The minimum Gasteiger partial charge on any atom is -0.364 e. The van der Waals surface area contributed by atoms with E-state index in [0.717, 1.165) is 11.8 Å². The standard InChI is InChI=1S/C12H19NO/c1-14-12-8-4-7-11(13-12)9-5-2-3-6-10(9)12/h2,5,9-11,13H,3-4,6-8H2,1H3/t9-,10+,11+,12+/m0/s1. The molecule has 4 atom stereocenters. The van der Waals surface area contributed by atoms with Crippen LogP contribution in [0, 0.1) is 11.8 Å². The van der Waals surface area contributed by atoms with Gasteiger partial charge in [0.1, 0.15) is 5.72 Å². The highest BCUT2D eigenvalue weighted by Gasteiger charge is 2.54. The molecule has 0 saturated carbocycles. The van der Waals surface area contributed by atoms with E-state index in [9.17, 15) is 0 Å². The van der Waals surface area contributed by atoms with Crippen molar-refractivity contribution >= 4 is 0 Å². The van der Waals surface area contributed by atoms with Gasteiger partial charge >= 0.3 is 0 Å². The molecule has 2 fully saturated rings. The average molecular weight is 193 g/mol. The molecule has 2 heteroatoms. The van der Waals surface area contributed by atoms with Crippen LogP contribution in [-0.4, -0.2) is 18.9 Å². The quantitative estimate of drug-likeness (QED) is 0.644. The van der Waals surface area contributed by atoms with E-state index in [0.29, 0.717) is 6.04 Å². The van der Waals surface area contributed by atoms with Gasteiger partial charge < -0.3 is 4.74 Å². The predicted octanol–water partition coefficient (Wildman–Crippen LogP) is 2.07. The summed E-state index contributed by atoms with van der Waals surface area (Å²) in [7, 11) is 1.87. The summed E-state index contributed by atoms with van der Waals surface area (Å²) < 4.78 is 5.79. The van der Waals surface area contributed by atoms with Crippen LogP contribution < -0.4 is 5.32 Å². The second-order valence-electron chi connectivity index (χ2n) is 4.93. The number of hydrogen-bond donors (Lipinski definition) is 1. The van der Waals surface area contributed by atoms with Gasteiger partial charge in [-0.15, -0.1) is 0 Å².